The fourth-order valence-electron chi connectivity index (χ4n) is 0.817. The zero-order valence-corrected chi connectivity index (χ0v) is 9.30. The first kappa shape index (κ1) is 12.9. The zero-order valence-electron chi connectivity index (χ0n) is 8.49. The van der Waals surface area contributed by atoms with Crippen LogP contribution in [0, 0.1) is 0 Å². The molecular formula is C8H19NO3S. The van der Waals surface area contributed by atoms with Crippen LogP contribution in [-0.4, -0.2) is 39.2 Å². The van der Waals surface area contributed by atoms with E-state index in [0.717, 1.165) is 6.42 Å². The average Bonchev–Trinajstić information content (AvgIpc) is 2.01. The maximum absolute atomic E-state index is 11.1. The van der Waals surface area contributed by atoms with Gasteiger partial charge in [-0.25, -0.2) is 8.42 Å². The van der Waals surface area contributed by atoms with Crippen molar-refractivity contribution in [3.8, 4) is 0 Å². The Hall–Kier alpha value is -0.130. The Kier molecular flexibility index (Phi) is 5.51. The van der Waals surface area contributed by atoms with E-state index in [9.17, 15) is 8.42 Å². The molecule has 2 atom stereocenters. The molecule has 0 aromatic carbocycles. The molecule has 80 valence electrons. The highest BCUT2D eigenvalue weighted by Crippen LogP contribution is 2.02. The van der Waals surface area contributed by atoms with Crippen molar-refractivity contribution in [1.82, 2.24) is 0 Å². The highest BCUT2D eigenvalue weighted by atomic mass is 32.2. The number of hydrogen-bond acceptors (Lipinski definition) is 4. The van der Waals surface area contributed by atoms with Gasteiger partial charge in [0.05, 0.1) is 11.9 Å². The summed E-state index contributed by atoms with van der Waals surface area (Å²) in [4.78, 5) is 0. The second kappa shape index (κ2) is 5.57. The van der Waals surface area contributed by atoms with Gasteiger partial charge in [-0.3, -0.25) is 0 Å². The third-order valence-corrected chi connectivity index (χ3v) is 3.64. The lowest BCUT2D eigenvalue weighted by Gasteiger charge is -2.17. The van der Waals surface area contributed by atoms with Gasteiger partial charge in [-0.2, -0.15) is 0 Å². The van der Waals surface area contributed by atoms with E-state index in [2.05, 4.69) is 0 Å². The molecule has 13 heavy (non-hydrogen) atoms. The molecule has 5 heteroatoms. The Morgan fingerprint density at radius 3 is 2.38 bits per heavy atom. The van der Waals surface area contributed by atoms with Crippen LogP contribution in [0.25, 0.3) is 0 Å². The molecule has 0 bridgehead atoms. The van der Waals surface area contributed by atoms with Crippen molar-refractivity contribution < 1.29 is 13.2 Å². The molecule has 4 nitrogen and oxygen atoms in total. The van der Waals surface area contributed by atoms with Gasteiger partial charge in [-0.1, -0.05) is 6.92 Å². The van der Waals surface area contributed by atoms with Gasteiger partial charge in [0.1, 0.15) is 0 Å². The van der Waals surface area contributed by atoms with Crippen LogP contribution in [0.4, 0.5) is 0 Å². The van der Waals surface area contributed by atoms with Crippen molar-refractivity contribution in [3.63, 3.8) is 0 Å². The van der Waals surface area contributed by atoms with Crippen molar-refractivity contribution in [2.75, 3.05) is 19.5 Å². The summed E-state index contributed by atoms with van der Waals surface area (Å²) in [5.74, 6) is 0. The third kappa shape index (κ3) is 5.23. The molecule has 0 rings (SSSR count). The molecule has 0 amide bonds. The lowest BCUT2D eigenvalue weighted by molar-refractivity contribution is 0.121. The molecule has 0 saturated heterocycles. The topological polar surface area (TPSA) is 69.4 Å². The molecule has 0 saturated carbocycles. The van der Waals surface area contributed by atoms with Crippen LogP contribution in [0.3, 0.4) is 0 Å². The van der Waals surface area contributed by atoms with Gasteiger partial charge in [-0.15, -0.1) is 0 Å². The molecule has 0 heterocycles. The van der Waals surface area contributed by atoms with Crippen molar-refractivity contribution in [2.24, 2.45) is 5.73 Å². The Balaban J connectivity index is 3.90. The summed E-state index contributed by atoms with van der Waals surface area (Å²) in [5.41, 5.74) is 5.64. The van der Waals surface area contributed by atoms with Crippen LogP contribution >= 0.6 is 0 Å². The number of rotatable bonds is 6. The SMILES string of the molecule is CCCOCC(N)C(C)S(C)(=O)=O. The van der Waals surface area contributed by atoms with Crippen LogP contribution in [0.1, 0.15) is 20.3 Å². The van der Waals surface area contributed by atoms with Crippen molar-refractivity contribution in [2.45, 2.75) is 31.6 Å². The summed E-state index contributed by atoms with van der Waals surface area (Å²) >= 11 is 0. The summed E-state index contributed by atoms with van der Waals surface area (Å²) in [6.45, 7) is 4.53. The molecule has 0 aromatic rings. The Morgan fingerprint density at radius 2 is 2.00 bits per heavy atom. The second-order valence-electron chi connectivity index (χ2n) is 3.27. The van der Waals surface area contributed by atoms with Crippen molar-refractivity contribution in [1.29, 1.82) is 0 Å². The molecule has 0 radical (unpaired) electrons. The Bertz CT molecular complexity index is 226. The standard InChI is InChI=1S/C8H19NO3S/c1-4-5-12-6-8(9)7(2)13(3,10)11/h7-8H,4-6,9H2,1-3H3. The van der Waals surface area contributed by atoms with E-state index in [0.29, 0.717) is 13.2 Å². The first-order valence-corrected chi connectivity index (χ1v) is 6.37. The minimum atomic E-state index is -3.04. The number of nitrogens with two attached hydrogens (primary N) is 1. The second-order valence-corrected chi connectivity index (χ2v) is 5.68. The first-order valence-electron chi connectivity index (χ1n) is 4.41. The van der Waals surface area contributed by atoms with E-state index in [1.807, 2.05) is 6.92 Å². The summed E-state index contributed by atoms with van der Waals surface area (Å²) in [6.07, 6.45) is 2.11. The Morgan fingerprint density at radius 1 is 1.46 bits per heavy atom. The summed E-state index contributed by atoms with van der Waals surface area (Å²) < 4.78 is 27.3. The van der Waals surface area contributed by atoms with Crippen molar-refractivity contribution in [3.05, 3.63) is 0 Å². The third-order valence-electron chi connectivity index (χ3n) is 1.94. The molecular weight excluding hydrogens is 190 g/mol. The lowest BCUT2D eigenvalue weighted by Crippen LogP contribution is -2.41. The van der Waals surface area contributed by atoms with Gasteiger partial charge in [0.2, 0.25) is 0 Å². The normalized spacial score (nSPS) is 16.9. The first-order chi connectivity index (χ1) is 5.89. The number of hydrogen-bond donors (Lipinski definition) is 1. The van der Waals surface area contributed by atoms with Gasteiger partial charge >= 0.3 is 0 Å². The quantitative estimate of drug-likeness (QED) is 0.633. The molecule has 0 fully saturated rings. The Labute approximate surface area is 80.4 Å². The van der Waals surface area contributed by atoms with Crippen LogP contribution in [0.5, 0.6) is 0 Å². The molecule has 0 aliphatic heterocycles. The molecule has 0 aliphatic carbocycles. The molecule has 0 spiro atoms. The van der Waals surface area contributed by atoms with E-state index < -0.39 is 21.1 Å². The van der Waals surface area contributed by atoms with E-state index in [1.165, 1.54) is 6.26 Å². The van der Waals surface area contributed by atoms with Gasteiger partial charge in [0.15, 0.2) is 9.84 Å². The van der Waals surface area contributed by atoms with E-state index in [1.54, 1.807) is 6.92 Å². The monoisotopic (exact) mass is 209 g/mol. The fraction of sp³-hybridized carbons (Fsp3) is 1.00. The van der Waals surface area contributed by atoms with Gasteiger partial charge < -0.3 is 10.5 Å². The maximum Gasteiger partial charge on any atom is 0.151 e. The van der Waals surface area contributed by atoms with Gasteiger partial charge in [0, 0.05) is 18.9 Å². The highest BCUT2D eigenvalue weighted by Gasteiger charge is 2.22. The minimum absolute atomic E-state index is 0.308. The van der Waals surface area contributed by atoms with Gasteiger partial charge in [0.25, 0.3) is 0 Å². The average molecular weight is 209 g/mol. The van der Waals surface area contributed by atoms with Crippen LogP contribution in [-0.2, 0) is 14.6 Å². The lowest BCUT2D eigenvalue weighted by atomic mass is 10.2. The highest BCUT2D eigenvalue weighted by molar-refractivity contribution is 7.91. The van der Waals surface area contributed by atoms with E-state index >= 15 is 0 Å². The number of sulfone groups is 1. The van der Waals surface area contributed by atoms with Crippen molar-refractivity contribution >= 4 is 9.84 Å². The maximum atomic E-state index is 11.1. The molecule has 2 unspecified atom stereocenters. The van der Waals surface area contributed by atoms with Gasteiger partial charge in [-0.05, 0) is 13.3 Å². The summed E-state index contributed by atoms with van der Waals surface area (Å²) in [5, 5.41) is -0.538. The predicted molar refractivity (Wildman–Crippen MR) is 53.4 cm³/mol. The van der Waals surface area contributed by atoms with Crippen LogP contribution < -0.4 is 5.73 Å². The van der Waals surface area contributed by atoms with Crippen LogP contribution in [0.15, 0.2) is 0 Å². The zero-order chi connectivity index (χ0) is 10.5. The number of ether oxygens (including phenoxy) is 1. The van der Waals surface area contributed by atoms with E-state index in [-0.39, 0.29) is 0 Å². The molecule has 0 aromatic heterocycles. The molecule has 0 aliphatic rings. The van der Waals surface area contributed by atoms with E-state index in [4.69, 9.17) is 10.5 Å². The predicted octanol–water partition coefficient (Wildman–Crippen LogP) is 0.173. The summed E-state index contributed by atoms with van der Waals surface area (Å²) in [7, 11) is -3.04. The fourth-order valence-corrected chi connectivity index (χ4v) is 1.53. The summed E-state index contributed by atoms with van der Waals surface area (Å²) in [6, 6.07) is -0.429. The minimum Gasteiger partial charge on any atom is -0.380 e. The van der Waals surface area contributed by atoms with Crippen LogP contribution in [0.2, 0.25) is 0 Å². The largest absolute Gasteiger partial charge is 0.380 e. The smallest absolute Gasteiger partial charge is 0.151 e. The molecule has 2 N–H and O–H groups in total.